The van der Waals surface area contributed by atoms with Gasteiger partial charge in [-0.2, -0.15) is 0 Å². The Balaban J connectivity index is 0.00000243. The van der Waals surface area contributed by atoms with E-state index in [4.69, 9.17) is 0 Å². The molecule has 26 heavy (non-hydrogen) atoms. The normalized spacial score (nSPS) is 19.0. The summed E-state index contributed by atoms with van der Waals surface area (Å²) in [6.45, 7) is 6.26. The largest absolute Gasteiger partial charge is 0.357 e. The lowest BCUT2D eigenvalue weighted by atomic mass is 10.1. The van der Waals surface area contributed by atoms with Crippen molar-refractivity contribution in [2.75, 3.05) is 13.1 Å². The van der Waals surface area contributed by atoms with Crippen LogP contribution in [0.15, 0.2) is 35.6 Å². The summed E-state index contributed by atoms with van der Waals surface area (Å²) in [6.07, 6.45) is 3.52. The van der Waals surface area contributed by atoms with Crippen LogP contribution in [0.5, 0.6) is 0 Å². The maximum atomic E-state index is 13.9. The van der Waals surface area contributed by atoms with Crippen molar-refractivity contribution in [1.29, 1.82) is 0 Å². The number of guanidine groups is 1. The topological polar surface area (TPSA) is 67.1 Å². The van der Waals surface area contributed by atoms with E-state index in [1.165, 1.54) is 6.07 Å². The van der Waals surface area contributed by atoms with E-state index < -0.39 is 0 Å². The van der Waals surface area contributed by atoms with Gasteiger partial charge in [0.2, 0.25) is 0 Å². The maximum Gasteiger partial charge on any atom is 0.191 e. The zero-order valence-corrected chi connectivity index (χ0v) is 17.5. The second kappa shape index (κ2) is 9.84. The minimum Gasteiger partial charge on any atom is -0.357 e. The van der Waals surface area contributed by atoms with Crippen molar-refractivity contribution in [3.63, 3.8) is 0 Å². The number of hydrogen-bond donors (Lipinski definition) is 2. The zero-order valence-electron chi connectivity index (χ0n) is 15.2. The Hall–Kier alpha value is -1.71. The van der Waals surface area contributed by atoms with Gasteiger partial charge in [-0.25, -0.2) is 4.39 Å². The standard InChI is InChI=1S/C18H25FN6.HI/c1-3-17-24-22-12-25(17)10-9-21-18(20-4-2)23-16-11-14(16)13-7-5-6-8-15(13)19;/h5-8,12,14,16H,3-4,9-11H2,1-2H3,(H2,20,21,23);1H. The van der Waals surface area contributed by atoms with Crippen molar-refractivity contribution >= 4 is 29.9 Å². The van der Waals surface area contributed by atoms with E-state index in [0.29, 0.717) is 6.54 Å². The van der Waals surface area contributed by atoms with E-state index in [1.54, 1.807) is 12.4 Å². The molecule has 1 saturated carbocycles. The number of aromatic nitrogens is 3. The fourth-order valence-electron chi connectivity index (χ4n) is 2.98. The molecule has 0 aliphatic heterocycles. The molecule has 1 aromatic heterocycles. The van der Waals surface area contributed by atoms with Crippen LogP contribution in [0, 0.1) is 5.82 Å². The van der Waals surface area contributed by atoms with Gasteiger partial charge in [0.1, 0.15) is 18.0 Å². The summed E-state index contributed by atoms with van der Waals surface area (Å²) in [5, 5.41) is 14.7. The fourth-order valence-corrected chi connectivity index (χ4v) is 2.98. The fraction of sp³-hybridized carbons (Fsp3) is 0.500. The summed E-state index contributed by atoms with van der Waals surface area (Å²) in [5.74, 6) is 1.83. The zero-order chi connectivity index (χ0) is 17.6. The van der Waals surface area contributed by atoms with Gasteiger partial charge in [0.15, 0.2) is 5.96 Å². The summed E-state index contributed by atoms with van der Waals surface area (Å²) in [5.41, 5.74) is 0.785. The quantitative estimate of drug-likeness (QED) is 0.370. The van der Waals surface area contributed by atoms with E-state index in [9.17, 15) is 4.39 Å². The molecule has 1 aliphatic carbocycles. The van der Waals surface area contributed by atoms with Crippen LogP contribution in [-0.4, -0.2) is 39.9 Å². The van der Waals surface area contributed by atoms with Gasteiger partial charge in [-0.1, -0.05) is 25.1 Å². The molecule has 6 nitrogen and oxygen atoms in total. The van der Waals surface area contributed by atoms with Crippen LogP contribution < -0.4 is 10.6 Å². The Morgan fingerprint density at radius 2 is 2.15 bits per heavy atom. The highest BCUT2D eigenvalue weighted by Gasteiger charge is 2.40. The molecule has 0 radical (unpaired) electrons. The second-order valence-electron chi connectivity index (χ2n) is 6.17. The van der Waals surface area contributed by atoms with E-state index in [0.717, 1.165) is 43.3 Å². The van der Waals surface area contributed by atoms with Crippen molar-refractivity contribution in [2.24, 2.45) is 4.99 Å². The van der Waals surface area contributed by atoms with E-state index in [2.05, 4.69) is 32.7 Å². The Bertz CT molecular complexity index is 732. The number of aryl methyl sites for hydroxylation is 1. The third-order valence-electron chi connectivity index (χ3n) is 4.38. The summed E-state index contributed by atoms with van der Waals surface area (Å²) in [7, 11) is 0. The molecule has 142 valence electrons. The first-order chi connectivity index (χ1) is 12.2. The molecule has 0 amide bonds. The van der Waals surface area contributed by atoms with Gasteiger partial charge in [0.25, 0.3) is 0 Å². The van der Waals surface area contributed by atoms with Gasteiger partial charge in [-0.05, 0) is 25.0 Å². The minimum atomic E-state index is -0.126. The van der Waals surface area contributed by atoms with Gasteiger partial charge >= 0.3 is 0 Å². The number of halogens is 2. The summed E-state index contributed by atoms with van der Waals surface area (Å²) >= 11 is 0. The average Bonchev–Trinajstić information content (AvgIpc) is 3.21. The third-order valence-corrected chi connectivity index (χ3v) is 4.38. The van der Waals surface area contributed by atoms with Gasteiger partial charge in [0.05, 0.1) is 6.54 Å². The van der Waals surface area contributed by atoms with Crippen molar-refractivity contribution in [3.05, 3.63) is 47.8 Å². The van der Waals surface area contributed by atoms with Gasteiger partial charge in [-0.15, -0.1) is 34.2 Å². The summed E-state index contributed by atoms with van der Waals surface area (Å²) < 4.78 is 15.9. The molecule has 1 aliphatic rings. The smallest absolute Gasteiger partial charge is 0.191 e. The molecule has 1 heterocycles. The predicted octanol–water partition coefficient (Wildman–Crippen LogP) is 2.71. The number of nitrogens with zero attached hydrogens (tertiary/aromatic N) is 4. The highest BCUT2D eigenvalue weighted by atomic mass is 127. The van der Waals surface area contributed by atoms with Crippen LogP contribution in [0.3, 0.4) is 0 Å². The molecule has 3 rings (SSSR count). The Morgan fingerprint density at radius 1 is 1.35 bits per heavy atom. The van der Waals surface area contributed by atoms with Gasteiger partial charge in [-0.3, -0.25) is 4.99 Å². The van der Waals surface area contributed by atoms with Crippen LogP contribution in [0.4, 0.5) is 4.39 Å². The minimum absolute atomic E-state index is 0. The number of benzene rings is 1. The van der Waals surface area contributed by atoms with E-state index in [1.807, 2.05) is 23.6 Å². The lowest BCUT2D eigenvalue weighted by Crippen LogP contribution is -2.39. The Kier molecular flexibility index (Phi) is 7.80. The van der Waals surface area contributed by atoms with Crippen LogP contribution >= 0.6 is 24.0 Å². The lowest BCUT2D eigenvalue weighted by molar-refractivity contribution is 0.607. The summed E-state index contributed by atoms with van der Waals surface area (Å²) in [6, 6.07) is 7.23. The number of nitrogens with one attached hydrogen (secondary N) is 2. The van der Waals surface area contributed by atoms with E-state index in [-0.39, 0.29) is 41.8 Å². The molecule has 2 atom stereocenters. The van der Waals surface area contributed by atoms with Gasteiger partial charge < -0.3 is 15.2 Å². The SMILES string of the molecule is CCNC(=NCCn1cnnc1CC)NC1CC1c1ccccc1F.I. The van der Waals surface area contributed by atoms with Crippen LogP contribution in [0.2, 0.25) is 0 Å². The second-order valence-corrected chi connectivity index (χ2v) is 6.17. The molecule has 0 spiro atoms. The first-order valence-electron chi connectivity index (χ1n) is 8.88. The predicted molar refractivity (Wildman–Crippen MR) is 111 cm³/mol. The van der Waals surface area contributed by atoms with Crippen molar-refractivity contribution in [3.8, 4) is 0 Å². The van der Waals surface area contributed by atoms with Crippen LogP contribution in [0.25, 0.3) is 0 Å². The molecule has 0 saturated heterocycles. The lowest BCUT2D eigenvalue weighted by Gasteiger charge is -2.12. The molecular weight excluding hydrogens is 446 g/mol. The first kappa shape index (κ1) is 20.6. The van der Waals surface area contributed by atoms with Crippen LogP contribution in [0.1, 0.15) is 37.6 Å². The molecule has 0 bridgehead atoms. The molecule has 1 aromatic carbocycles. The first-order valence-corrected chi connectivity index (χ1v) is 8.88. The number of aliphatic imine (C=N–C) groups is 1. The molecular formula is C18H26FIN6. The van der Waals surface area contributed by atoms with Crippen molar-refractivity contribution < 1.29 is 4.39 Å². The Labute approximate surface area is 170 Å². The monoisotopic (exact) mass is 472 g/mol. The molecule has 1 fully saturated rings. The molecule has 2 unspecified atom stereocenters. The summed E-state index contributed by atoms with van der Waals surface area (Å²) in [4.78, 5) is 4.62. The molecule has 2 N–H and O–H groups in total. The maximum absolute atomic E-state index is 13.9. The van der Waals surface area contributed by atoms with E-state index >= 15 is 0 Å². The average molecular weight is 472 g/mol. The number of hydrogen-bond acceptors (Lipinski definition) is 3. The van der Waals surface area contributed by atoms with Crippen molar-refractivity contribution in [2.45, 2.75) is 45.2 Å². The Morgan fingerprint density at radius 3 is 2.88 bits per heavy atom. The van der Waals surface area contributed by atoms with Gasteiger partial charge in [0, 0.05) is 31.5 Å². The molecule has 2 aromatic rings. The third kappa shape index (κ3) is 5.15. The van der Waals surface area contributed by atoms with Crippen LogP contribution in [-0.2, 0) is 13.0 Å². The molecule has 8 heteroatoms. The highest BCUT2D eigenvalue weighted by Crippen LogP contribution is 2.41. The van der Waals surface area contributed by atoms with Crippen molar-refractivity contribution in [1.82, 2.24) is 25.4 Å². The number of rotatable bonds is 7. The highest BCUT2D eigenvalue weighted by molar-refractivity contribution is 14.0.